The Morgan fingerprint density at radius 3 is 2.27 bits per heavy atom. The maximum Gasteiger partial charge on any atom is 0.418 e. The Hall–Kier alpha value is -5.10. The summed E-state index contributed by atoms with van der Waals surface area (Å²) in [6.45, 7) is 9.14. The molecular formula is C35H30F3N3O3. The molecule has 0 atom stereocenters. The lowest BCUT2D eigenvalue weighted by molar-refractivity contribution is -0.137. The Morgan fingerprint density at radius 2 is 1.61 bits per heavy atom. The van der Waals surface area contributed by atoms with Gasteiger partial charge in [-0.25, -0.2) is 4.79 Å². The number of aromatic nitrogens is 2. The van der Waals surface area contributed by atoms with E-state index in [1.165, 1.54) is 15.2 Å². The summed E-state index contributed by atoms with van der Waals surface area (Å²) >= 11 is 0. The molecule has 0 aliphatic carbocycles. The van der Waals surface area contributed by atoms with E-state index in [0.717, 1.165) is 33.7 Å². The second-order valence-electron chi connectivity index (χ2n) is 11.8. The van der Waals surface area contributed by atoms with E-state index in [1.54, 1.807) is 57.3 Å². The van der Waals surface area contributed by atoms with E-state index in [0.29, 0.717) is 16.6 Å². The van der Waals surface area contributed by atoms with Crippen molar-refractivity contribution >= 4 is 17.0 Å². The normalized spacial score (nSPS) is 11.9. The number of carbonyl (C=O) groups excluding carboxylic acids is 1. The summed E-state index contributed by atoms with van der Waals surface area (Å²) in [5.41, 5.74) is 1.27. The van der Waals surface area contributed by atoms with Gasteiger partial charge in [-0.05, 0) is 92.8 Å². The molecule has 0 fully saturated rings. The van der Waals surface area contributed by atoms with Crippen LogP contribution in [0.15, 0.2) is 83.8 Å². The Kier molecular flexibility index (Phi) is 7.72. The highest BCUT2D eigenvalue weighted by molar-refractivity contribution is 5.92. The van der Waals surface area contributed by atoms with Crippen molar-refractivity contribution in [3.8, 4) is 28.5 Å². The van der Waals surface area contributed by atoms with E-state index in [1.807, 2.05) is 50.2 Å². The fourth-order valence-corrected chi connectivity index (χ4v) is 5.22. The van der Waals surface area contributed by atoms with Crippen molar-refractivity contribution in [1.29, 1.82) is 5.26 Å². The largest absolute Gasteiger partial charge is 0.443 e. The zero-order valence-electron chi connectivity index (χ0n) is 24.9. The zero-order valence-corrected chi connectivity index (χ0v) is 24.9. The van der Waals surface area contributed by atoms with Crippen molar-refractivity contribution in [2.75, 3.05) is 0 Å². The van der Waals surface area contributed by atoms with Gasteiger partial charge in [0.15, 0.2) is 0 Å². The molecule has 2 aromatic heterocycles. The number of carbonyl (C=O) groups is 1. The smallest absolute Gasteiger partial charge is 0.418 e. The third kappa shape index (κ3) is 6.02. The second kappa shape index (κ2) is 11.2. The highest BCUT2D eigenvalue weighted by atomic mass is 19.4. The van der Waals surface area contributed by atoms with Crippen LogP contribution in [-0.4, -0.2) is 20.8 Å². The molecule has 0 amide bonds. The number of hydrogen-bond donors (Lipinski definition) is 0. The van der Waals surface area contributed by atoms with Crippen LogP contribution >= 0.6 is 0 Å². The number of benzene rings is 3. The maximum absolute atomic E-state index is 14.1. The summed E-state index contributed by atoms with van der Waals surface area (Å²) in [6, 6.07) is 22.1. The molecule has 3 aromatic carbocycles. The average Bonchev–Trinajstić information content (AvgIpc) is 3.37. The SMILES string of the molecule is Cc1ccc(Cn2c(-c3cccc(-c4ccc5c(ccn5C(=O)OC(C)(C)C)c4)c3)cc(C(F)(F)F)c(C#N)c2=O)c(C)c1. The molecule has 224 valence electrons. The number of pyridine rings is 1. The van der Waals surface area contributed by atoms with Gasteiger partial charge in [-0.15, -0.1) is 0 Å². The monoisotopic (exact) mass is 597 g/mol. The molecule has 44 heavy (non-hydrogen) atoms. The summed E-state index contributed by atoms with van der Waals surface area (Å²) in [4.78, 5) is 26.2. The van der Waals surface area contributed by atoms with E-state index in [4.69, 9.17) is 4.74 Å². The molecule has 0 aliphatic heterocycles. The average molecular weight is 598 g/mol. The standard InChI is InChI=1S/C35H30F3N3O3/c1-21-9-10-27(22(2)15-21)20-41-31(18-29(35(36,37)38)28(19-39)32(41)42)25-8-6-7-23(16-25)24-11-12-30-26(17-24)13-14-40(30)33(43)44-34(3,4)5/h6-18H,20H2,1-5H3. The van der Waals surface area contributed by atoms with Crippen LogP contribution in [0.1, 0.15) is 48.6 Å². The highest BCUT2D eigenvalue weighted by Gasteiger charge is 2.36. The summed E-state index contributed by atoms with van der Waals surface area (Å²) in [6.07, 6.45) is -3.78. The first-order chi connectivity index (χ1) is 20.7. The molecule has 0 bridgehead atoms. The molecular weight excluding hydrogens is 567 g/mol. The number of alkyl halides is 3. The minimum absolute atomic E-state index is 0.0124. The van der Waals surface area contributed by atoms with Gasteiger partial charge in [0, 0.05) is 11.6 Å². The van der Waals surface area contributed by atoms with E-state index in [-0.39, 0.29) is 12.2 Å². The van der Waals surface area contributed by atoms with Crippen molar-refractivity contribution in [3.05, 3.63) is 117 Å². The first-order valence-corrected chi connectivity index (χ1v) is 13.9. The van der Waals surface area contributed by atoms with Crippen LogP contribution in [0.3, 0.4) is 0 Å². The second-order valence-corrected chi connectivity index (χ2v) is 11.8. The molecule has 0 spiro atoms. The summed E-state index contributed by atoms with van der Waals surface area (Å²) in [7, 11) is 0. The molecule has 9 heteroatoms. The van der Waals surface area contributed by atoms with Crippen LogP contribution in [-0.2, 0) is 17.5 Å². The fourth-order valence-electron chi connectivity index (χ4n) is 5.22. The van der Waals surface area contributed by atoms with E-state index >= 15 is 0 Å². The molecule has 2 heterocycles. The third-order valence-electron chi connectivity index (χ3n) is 7.32. The van der Waals surface area contributed by atoms with Crippen LogP contribution in [0.4, 0.5) is 18.0 Å². The molecule has 0 saturated heterocycles. The predicted molar refractivity (Wildman–Crippen MR) is 163 cm³/mol. The molecule has 5 rings (SSSR count). The molecule has 0 saturated carbocycles. The molecule has 0 unspecified atom stereocenters. The minimum Gasteiger partial charge on any atom is -0.443 e. The Labute approximate surface area is 252 Å². The van der Waals surface area contributed by atoms with Gasteiger partial charge in [0.05, 0.1) is 23.3 Å². The lowest BCUT2D eigenvalue weighted by atomic mass is 9.98. The van der Waals surface area contributed by atoms with Crippen molar-refractivity contribution in [2.24, 2.45) is 0 Å². The number of hydrogen-bond acceptors (Lipinski definition) is 4. The Balaban J connectivity index is 1.64. The van der Waals surface area contributed by atoms with Gasteiger partial charge in [-0.3, -0.25) is 9.36 Å². The van der Waals surface area contributed by atoms with E-state index in [9.17, 15) is 28.0 Å². The molecule has 0 N–H and O–H groups in total. The lowest BCUT2D eigenvalue weighted by Gasteiger charge is -2.20. The lowest BCUT2D eigenvalue weighted by Crippen LogP contribution is -2.29. The van der Waals surface area contributed by atoms with Gasteiger partial charge in [-0.2, -0.15) is 18.4 Å². The van der Waals surface area contributed by atoms with Gasteiger partial charge in [-0.1, -0.05) is 48.0 Å². The Bertz CT molecular complexity index is 2020. The summed E-state index contributed by atoms with van der Waals surface area (Å²) in [5, 5.41) is 10.3. The van der Waals surface area contributed by atoms with E-state index in [2.05, 4.69) is 0 Å². The summed E-state index contributed by atoms with van der Waals surface area (Å²) in [5.74, 6) is 0. The van der Waals surface area contributed by atoms with Crippen molar-refractivity contribution in [1.82, 2.24) is 9.13 Å². The quantitative estimate of drug-likeness (QED) is 0.208. The number of rotatable bonds is 4. The zero-order chi connectivity index (χ0) is 32.0. The predicted octanol–water partition coefficient (Wildman–Crippen LogP) is 8.48. The minimum atomic E-state index is -4.90. The van der Waals surface area contributed by atoms with Crippen LogP contribution < -0.4 is 5.56 Å². The van der Waals surface area contributed by atoms with Gasteiger partial charge < -0.3 is 9.30 Å². The van der Waals surface area contributed by atoms with Gasteiger partial charge in [0.1, 0.15) is 17.2 Å². The fraction of sp³-hybridized carbons (Fsp3) is 0.229. The maximum atomic E-state index is 14.1. The highest BCUT2D eigenvalue weighted by Crippen LogP contribution is 2.35. The Morgan fingerprint density at radius 1 is 0.909 bits per heavy atom. The summed E-state index contributed by atoms with van der Waals surface area (Å²) < 4.78 is 50.4. The molecule has 6 nitrogen and oxygen atoms in total. The first-order valence-electron chi connectivity index (χ1n) is 13.9. The van der Waals surface area contributed by atoms with E-state index < -0.39 is 34.6 Å². The van der Waals surface area contributed by atoms with Crippen molar-refractivity contribution < 1.29 is 22.7 Å². The van der Waals surface area contributed by atoms with Gasteiger partial charge >= 0.3 is 12.3 Å². The molecule has 5 aromatic rings. The van der Waals surface area contributed by atoms with Crippen LogP contribution in [0, 0.1) is 25.2 Å². The number of nitrogens with zero attached hydrogens (tertiary/aromatic N) is 3. The van der Waals surface area contributed by atoms with Gasteiger partial charge in [0.2, 0.25) is 0 Å². The number of halogens is 3. The first kappa shape index (κ1) is 30.4. The third-order valence-corrected chi connectivity index (χ3v) is 7.32. The van der Waals surface area contributed by atoms with Crippen LogP contribution in [0.25, 0.3) is 33.3 Å². The number of nitriles is 1. The molecule has 0 aliphatic rings. The number of ether oxygens (including phenoxy) is 1. The number of fused-ring (bicyclic) bond motifs is 1. The number of aryl methyl sites for hydroxylation is 2. The van der Waals surface area contributed by atoms with Crippen LogP contribution in [0.5, 0.6) is 0 Å². The van der Waals surface area contributed by atoms with Gasteiger partial charge in [0.25, 0.3) is 5.56 Å². The van der Waals surface area contributed by atoms with Crippen LogP contribution in [0.2, 0.25) is 0 Å². The molecule has 0 radical (unpaired) electrons. The topological polar surface area (TPSA) is 77.0 Å². The van der Waals surface area contributed by atoms with Crippen molar-refractivity contribution in [2.45, 2.75) is 52.9 Å². The van der Waals surface area contributed by atoms with Crippen molar-refractivity contribution in [3.63, 3.8) is 0 Å².